The van der Waals surface area contributed by atoms with Gasteiger partial charge in [0.15, 0.2) is 6.20 Å². The van der Waals surface area contributed by atoms with Crippen LogP contribution in [0.25, 0.3) is 39.6 Å². The fourth-order valence-electron chi connectivity index (χ4n) is 5.26. The van der Waals surface area contributed by atoms with Crippen LogP contribution >= 0.6 is 0 Å². The van der Waals surface area contributed by atoms with Crippen molar-refractivity contribution in [2.75, 3.05) is 0 Å². The van der Waals surface area contributed by atoms with E-state index in [4.69, 9.17) is 0 Å². The second-order valence-corrected chi connectivity index (χ2v) is 8.94. The quantitative estimate of drug-likeness (QED) is 0.278. The summed E-state index contributed by atoms with van der Waals surface area (Å²) in [4.78, 5) is 13.9. The summed E-state index contributed by atoms with van der Waals surface area (Å²) in [5, 5.41) is 13.9. The molecule has 4 heteroatoms. The molecule has 4 heterocycles. The summed E-state index contributed by atoms with van der Waals surface area (Å²) in [7, 11) is 0. The number of fused-ring (bicyclic) bond motifs is 2. The number of nitrogens with zero attached hydrogens (tertiary/aromatic N) is 2. The van der Waals surface area contributed by atoms with E-state index in [1.54, 1.807) is 0 Å². The normalized spacial score (nSPS) is 16.8. The molecule has 4 nitrogen and oxygen atoms in total. The first kappa shape index (κ1) is 20.4. The third kappa shape index (κ3) is 2.88. The monoisotopic (exact) mass is 464 g/mol. The Morgan fingerprint density at radius 1 is 0.722 bits per heavy atom. The Bertz CT molecular complexity index is 1790. The van der Waals surface area contributed by atoms with Crippen LogP contribution < -0.4 is 9.67 Å². The number of Topliss-reactive ketones (excluding diaryl/α,β-unsaturated/α-hetero) is 1. The van der Waals surface area contributed by atoms with Gasteiger partial charge in [-0.2, -0.15) is 4.57 Å². The largest absolute Gasteiger partial charge is 0.871 e. The molecule has 0 amide bonds. The third-order valence-electron chi connectivity index (χ3n) is 6.91. The number of allylic oxidation sites excluding steroid dienone is 4. The van der Waals surface area contributed by atoms with Crippen LogP contribution in [0.5, 0.6) is 0 Å². The number of benzene rings is 2. The Morgan fingerprint density at radius 3 is 2.17 bits per heavy atom. The smallest absolute Gasteiger partial charge is 0.229 e. The summed E-state index contributed by atoms with van der Waals surface area (Å²) in [5.74, 6) is -0.441. The minimum Gasteiger partial charge on any atom is -0.871 e. The SMILES string of the molecule is O=C1C(=C2C(c3ccccc3)=Cc3cccc[n+]32)C([O-])=C1c1c(-c2ccccc2)cc2ccccn12. The highest BCUT2D eigenvalue weighted by Gasteiger charge is 2.41. The van der Waals surface area contributed by atoms with Crippen LogP contribution in [0.2, 0.25) is 0 Å². The molecule has 0 saturated carbocycles. The molecule has 5 aromatic rings. The highest BCUT2D eigenvalue weighted by atomic mass is 16.3. The predicted molar refractivity (Wildman–Crippen MR) is 139 cm³/mol. The van der Waals surface area contributed by atoms with Crippen molar-refractivity contribution >= 4 is 34.2 Å². The van der Waals surface area contributed by atoms with Gasteiger partial charge in [0.05, 0.1) is 16.8 Å². The van der Waals surface area contributed by atoms with E-state index in [0.717, 1.165) is 33.5 Å². The zero-order valence-corrected chi connectivity index (χ0v) is 19.3. The maximum Gasteiger partial charge on any atom is 0.229 e. The standard InChI is InChI=1S/C32H20N2O2/c35-31-27(29-25(21-11-3-1-4-12-21)19-23-15-7-9-17-33(23)29)32(36)28(31)30-26(22-13-5-2-6-14-22)20-24-16-8-10-18-34(24)30/h1-20H. The van der Waals surface area contributed by atoms with Crippen LogP contribution in [0.4, 0.5) is 0 Å². The molecule has 7 rings (SSSR count). The van der Waals surface area contributed by atoms with E-state index in [9.17, 15) is 9.90 Å². The van der Waals surface area contributed by atoms with Gasteiger partial charge in [0.25, 0.3) is 0 Å². The molecule has 0 atom stereocenters. The lowest BCUT2D eigenvalue weighted by Crippen LogP contribution is -2.39. The summed E-state index contributed by atoms with van der Waals surface area (Å²) >= 11 is 0. The Balaban J connectivity index is 1.49. The lowest BCUT2D eigenvalue weighted by Gasteiger charge is -2.31. The van der Waals surface area contributed by atoms with Crippen molar-refractivity contribution in [3.8, 4) is 11.1 Å². The predicted octanol–water partition coefficient (Wildman–Crippen LogP) is 5.01. The molecule has 0 bridgehead atoms. The van der Waals surface area contributed by atoms with Crippen LogP contribution in [0, 0.1) is 0 Å². The molecule has 1 aliphatic heterocycles. The summed E-state index contributed by atoms with van der Waals surface area (Å²) in [5.41, 5.74) is 7.33. The van der Waals surface area contributed by atoms with E-state index >= 15 is 0 Å². The number of carbonyl (C=O) groups is 1. The van der Waals surface area contributed by atoms with E-state index in [0.29, 0.717) is 11.4 Å². The fraction of sp³-hybridized carbons (Fsp3) is 0. The summed E-state index contributed by atoms with van der Waals surface area (Å²) in [6.07, 6.45) is 5.85. The number of aromatic nitrogens is 2. The maximum absolute atomic E-state index is 13.9. The van der Waals surface area contributed by atoms with Crippen molar-refractivity contribution in [2.45, 2.75) is 0 Å². The molecule has 36 heavy (non-hydrogen) atoms. The van der Waals surface area contributed by atoms with Crippen molar-refractivity contribution in [1.29, 1.82) is 0 Å². The zero-order chi connectivity index (χ0) is 24.2. The second-order valence-electron chi connectivity index (χ2n) is 8.94. The van der Waals surface area contributed by atoms with Gasteiger partial charge in [-0.05, 0) is 35.4 Å². The third-order valence-corrected chi connectivity index (χ3v) is 6.91. The Morgan fingerprint density at radius 2 is 1.42 bits per heavy atom. The highest BCUT2D eigenvalue weighted by molar-refractivity contribution is 6.42. The molecule has 2 aromatic carbocycles. The number of rotatable bonds is 3. The van der Waals surface area contributed by atoms with Gasteiger partial charge in [-0.25, -0.2) is 0 Å². The molecule has 0 radical (unpaired) electrons. The molecule has 0 N–H and O–H groups in total. The topological polar surface area (TPSA) is 48.4 Å². The molecule has 0 saturated heterocycles. The molecule has 2 aliphatic rings. The summed E-state index contributed by atoms with van der Waals surface area (Å²) in [6, 6.07) is 33.6. The average Bonchev–Trinajstić information content (AvgIpc) is 3.49. The molecular formula is C32H20N2O2. The van der Waals surface area contributed by atoms with Crippen molar-refractivity contribution < 1.29 is 14.5 Å². The van der Waals surface area contributed by atoms with Gasteiger partial charge in [-0.15, -0.1) is 0 Å². The number of hydrogen-bond donors (Lipinski definition) is 0. The first-order valence-corrected chi connectivity index (χ1v) is 11.9. The van der Waals surface area contributed by atoms with E-state index in [1.807, 2.05) is 131 Å². The number of carbonyl (C=O) groups excluding carboxylic acids is 1. The first-order valence-electron chi connectivity index (χ1n) is 11.9. The molecule has 1 aliphatic carbocycles. The highest BCUT2D eigenvalue weighted by Crippen LogP contribution is 2.45. The van der Waals surface area contributed by atoms with E-state index in [1.165, 1.54) is 0 Å². The Labute approximate surface area is 208 Å². The first-order chi connectivity index (χ1) is 17.7. The minimum atomic E-state index is -0.220. The number of pyridine rings is 2. The van der Waals surface area contributed by atoms with Crippen molar-refractivity contribution in [3.63, 3.8) is 0 Å². The molecule has 170 valence electrons. The van der Waals surface area contributed by atoms with Gasteiger partial charge in [0, 0.05) is 41.1 Å². The molecule has 0 unspecified atom stereocenters. The van der Waals surface area contributed by atoms with E-state index in [-0.39, 0.29) is 22.7 Å². The maximum atomic E-state index is 13.9. The van der Waals surface area contributed by atoms with Crippen LogP contribution in [-0.2, 0) is 4.79 Å². The van der Waals surface area contributed by atoms with Gasteiger partial charge in [0.2, 0.25) is 17.2 Å². The van der Waals surface area contributed by atoms with E-state index in [2.05, 4.69) is 0 Å². The lowest BCUT2D eigenvalue weighted by atomic mass is 9.81. The van der Waals surface area contributed by atoms with Gasteiger partial charge in [0.1, 0.15) is 0 Å². The fourth-order valence-corrected chi connectivity index (χ4v) is 5.26. The molecule has 3 aromatic heterocycles. The Hall–Kier alpha value is -4.96. The number of ketones is 1. The van der Waals surface area contributed by atoms with Gasteiger partial charge in [-0.1, -0.05) is 72.5 Å². The molecule has 0 spiro atoms. The summed E-state index contributed by atoms with van der Waals surface area (Å²) < 4.78 is 3.89. The second kappa shape index (κ2) is 7.79. The van der Waals surface area contributed by atoms with Crippen molar-refractivity contribution in [3.05, 3.63) is 144 Å². The van der Waals surface area contributed by atoms with E-state index < -0.39 is 0 Å². The van der Waals surface area contributed by atoms with Gasteiger partial charge < -0.3 is 9.51 Å². The minimum absolute atomic E-state index is 0.220. The van der Waals surface area contributed by atoms with Crippen LogP contribution in [0.3, 0.4) is 0 Å². The average molecular weight is 465 g/mol. The van der Waals surface area contributed by atoms with Crippen molar-refractivity contribution in [1.82, 2.24) is 4.40 Å². The summed E-state index contributed by atoms with van der Waals surface area (Å²) in [6.45, 7) is 0. The van der Waals surface area contributed by atoms with Gasteiger partial charge in [-0.3, -0.25) is 4.79 Å². The van der Waals surface area contributed by atoms with Gasteiger partial charge >= 0.3 is 0 Å². The lowest BCUT2D eigenvalue weighted by molar-refractivity contribution is -0.577. The molecular weight excluding hydrogens is 444 g/mol. The van der Waals surface area contributed by atoms with Crippen molar-refractivity contribution in [2.24, 2.45) is 0 Å². The zero-order valence-electron chi connectivity index (χ0n) is 19.3. The van der Waals surface area contributed by atoms with Crippen LogP contribution in [-0.4, -0.2) is 10.2 Å². The Kier molecular flexibility index (Phi) is 4.42. The van der Waals surface area contributed by atoms with Crippen LogP contribution in [0.15, 0.2) is 127 Å². The molecule has 0 fully saturated rings. The number of hydrogen-bond acceptors (Lipinski definition) is 2. The van der Waals surface area contributed by atoms with Crippen LogP contribution in [0.1, 0.15) is 17.0 Å².